The van der Waals surface area contributed by atoms with Gasteiger partial charge in [-0.05, 0) is 27.2 Å². The monoisotopic (exact) mass is 257 g/mol. The van der Waals surface area contributed by atoms with Gasteiger partial charge in [0.25, 0.3) is 0 Å². The Hall–Kier alpha value is -1.24. The van der Waals surface area contributed by atoms with Crippen molar-refractivity contribution in [2.24, 2.45) is 0 Å². The SMILES string of the molecule is CCC(C)(C)NC(=O)C(C)Sc1n[nH]c(N)n1. The van der Waals surface area contributed by atoms with Crippen molar-refractivity contribution in [2.75, 3.05) is 5.73 Å². The first-order valence-corrected chi connectivity index (χ1v) is 6.38. The zero-order valence-corrected chi connectivity index (χ0v) is 11.4. The Morgan fingerprint density at radius 3 is 2.76 bits per heavy atom. The third-order valence-electron chi connectivity index (χ3n) is 2.48. The first-order chi connectivity index (χ1) is 7.84. The molecule has 0 aromatic carbocycles. The lowest BCUT2D eigenvalue weighted by molar-refractivity contribution is -0.121. The summed E-state index contributed by atoms with van der Waals surface area (Å²) in [5.41, 5.74) is 5.22. The molecule has 1 atom stereocenters. The molecular weight excluding hydrogens is 238 g/mol. The van der Waals surface area contributed by atoms with Crippen molar-refractivity contribution >= 4 is 23.6 Å². The molecule has 0 fully saturated rings. The van der Waals surface area contributed by atoms with Gasteiger partial charge in [0.2, 0.25) is 17.0 Å². The predicted molar refractivity (Wildman–Crippen MR) is 68.6 cm³/mol. The first kappa shape index (κ1) is 13.8. The van der Waals surface area contributed by atoms with Gasteiger partial charge in [-0.3, -0.25) is 4.79 Å². The topological polar surface area (TPSA) is 96.7 Å². The van der Waals surface area contributed by atoms with Crippen LogP contribution >= 0.6 is 11.8 Å². The molecule has 1 aromatic rings. The van der Waals surface area contributed by atoms with Crippen LogP contribution in [-0.4, -0.2) is 31.9 Å². The van der Waals surface area contributed by atoms with Gasteiger partial charge < -0.3 is 11.1 Å². The summed E-state index contributed by atoms with van der Waals surface area (Å²) >= 11 is 1.28. The number of nitrogens with one attached hydrogen (secondary N) is 2. The van der Waals surface area contributed by atoms with Crippen molar-refractivity contribution in [3.05, 3.63) is 0 Å². The van der Waals surface area contributed by atoms with Gasteiger partial charge >= 0.3 is 0 Å². The quantitative estimate of drug-likeness (QED) is 0.688. The van der Waals surface area contributed by atoms with Crippen LogP contribution in [0.25, 0.3) is 0 Å². The number of aromatic amines is 1. The summed E-state index contributed by atoms with van der Waals surface area (Å²) < 4.78 is 0. The molecule has 4 N–H and O–H groups in total. The highest BCUT2D eigenvalue weighted by molar-refractivity contribution is 8.00. The predicted octanol–water partition coefficient (Wildman–Crippen LogP) is 1.17. The average Bonchev–Trinajstić information content (AvgIpc) is 2.63. The molecule has 1 heterocycles. The maximum Gasteiger partial charge on any atom is 0.233 e. The molecule has 0 saturated heterocycles. The molecule has 96 valence electrons. The third kappa shape index (κ3) is 4.26. The fourth-order valence-electron chi connectivity index (χ4n) is 1.05. The number of amides is 1. The van der Waals surface area contributed by atoms with E-state index in [0.717, 1.165) is 6.42 Å². The van der Waals surface area contributed by atoms with Crippen LogP contribution in [0.1, 0.15) is 34.1 Å². The lowest BCUT2D eigenvalue weighted by Crippen LogP contribution is -2.46. The summed E-state index contributed by atoms with van der Waals surface area (Å²) in [6, 6.07) is 0. The Morgan fingerprint density at radius 2 is 2.29 bits per heavy atom. The fourth-order valence-corrected chi connectivity index (χ4v) is 1.78. The van der Waals surface area contributed by atoms with Crippen molar-refractivity contribution in [3.8, 4) is 0 Å². The van der Waals surface area contributed by atoms with Gasteiger partial charge in [0.05, 0.1) is 5.25 Å². The molecule has 0 aliphatic rings. The van der Waals surface area contributed by atoms with Gasteiger partial charge in [0.15, 0.2) is 0 Å². The maximum absolute atomic E-state index is 11.9. The Bertz CT molecular complexity index is 390. The summed E-state index contributed by atoms with van der Waals surface area (Å²) in [6.45, 7) is 7.84. The van der Waals surface area contributed by atoms with Gasteiger partial charge in [-0.1, -0.05) is 18.7 Å². The second kappa shape index (κ2) is 5.39. The normalized spacial score (nSPS) is 13.4. The van der Waals surface area contributed by atoms with Crippen LogP contribution in [-0.2, 0) is 4.79 Å². The van der Waals surface area contributed by atoms with Crippen molar-refractivity contribution in [2.45, 2.75) is 50.1 Å². The van der Waals surface area contributed by atoms with E-state index in [1.807, 2.05) is 27.7 Å². The van der Waals surface area contributed by atoms with E-state index in [1.54, 1.807) is 0 Å². The van der Waals surface area contributed by atoms with Gasteiger partial charge in [0, 0.05) is 5.54 Å². The number of hydrogen-bond donors (Lipinski definition) is 3. The van der Waals surface area contributed by atoms with E-state index in [4.69, 9.17) is 5.73 Å². The molecule has 0 spiro atoms. The molecule has 0 aliphatic heterocycles. The van der Waals surface area contributed by atoms with E-state index in [0.29, 0.717) is 5.16 Å². The first-order valence-electron chi connectivity index (χ1n) is 5.50. The van der Waals surface area contributed by atoms with Crippen LogP contribution in [0.3, 0.4) is 0 Å². The maximum atomic E-state index is 11.9. The summed E-state index contributed by atoms with van der Waals surface area (Å²) in [6.07, 6.45) is 0.879. The Labute approximate surface area is 105 Å². The molecular formula is C10H19N5OS. The number of rotatable bonds is 5. The second-order valence-corrected chi connectivity index (χ2v) is 5.80. The van der Waals surface area contributed by atoms with E-state index in [-0.39, 0.29) is 22.6 Å². The molecule has 7 heteroatoms. The lowest BCUT2D eigenvalue weighted by Gasteiger charge is -2.26. The zero-order valence-electron chi connectivity index (χ0n) is 10.6. The van der Waals surface area contributed by atoms with Crippen LogP contribution in [0, 0.1) is 0 Å². The van der Waals surface area contributed by atoms with Gasteiger partial charge in [-0.2, -0.15) is 4.98 Å². The highest BCUT2D eigenvalue weighted by Gasteiger charge is 2.23. The molecule has 0 radical (unpaired) electrons. The van der Waals surface area contributed by atoms with Crippen molar-refractivity contribution in [1.29, 1.82) is 0 Å². The average molecular weight is 257 g/mol. The van der Waals surface area contributed by atoms with E-state index in [2.05, 4.69) is 20.5 Å². The smallest absolute Gasteiger partial charge is 0.233 e. The minimum absolute atomic E-state index is 0.0229. The minimum atomic E-state index is -0.254. The van der Waals surface area contributed by atoms with Crippen LogP contribution in [0.5, 0.6) is 0 Å². The van der Waals surface area contributed by atoms with E-state index in [9.17, 15) is 4.79 Å². The number of nitrogens with two attached hydrogens (primary N) is 1. The third-order valence-corrected chi connectivity index (χ3v) is 3.44. The summed E-state index contributed by atoms with van der Waals surface area (Å²) in [7, 11) is 0. The number of aromatic nitrogens is 3. The molecule has 1 unspecified atom stereocenters. The number of nitrogens with zero attached hydrogens (tertiary/aromatic N) is 2. The Balaban J connectivity index is 2.53. The van der Waals surface area contributed by atoms with Gasteiger partial charge in [-0.15, -0.1) is 5.10 Å². The van der Waals surface area contributed by atoms with E-state index in [1.165, 1.54) is 11.8 Å². The van der Waals surface area contributed by atoms with Crippen LogP contribution < -0.4 is 11.1 Å². The number of thioether (sulfide) groups is 1. The van der Waals surface area contributed by atoms with E-state index >= 15 is 0 Å². The Morgan fingerprint density at radius 1 is 1.65 bits per heavy atom. The molecule has 0 saturated carbocycles. The summed E-state index contributed by atoms with van der Waals surface area (Å²) in [5.74, 6) is 0.235. The van der Waals surface area contributed by atoms with Gasteiger partial charge in [0.1, 0.15) is 0 Å². The number of nitrogen functional groups attached to an aromatic ring is 1. The largest absolute Gasteiger partial charge is 0.368 e. The van der Waals surface area contributed by atoms with Crippen molar-refractivity contribution < 1.29 is 4.79 Å². The molecule has 6 nitrogen and oxygen atoms in total. The summed E-state index contributed by atoms with van der Waals surface area (Å²) in [5, 5.41) is 9.62. The fraction of sp³-hybridized carbons (Fsp3) is 0.700. The highest BCUT2D eigenvalue weighted by Crippen LogP contribution is 2.20. The molecule has 1 aromatic heterocycles. The van der Waals surface area contributed by atoms with Crippen LogP contribution in [0.2, 0.25) is 0 Å². The zero-order chi connectivity index (χ0) is 13.1. The van der Waals surface area contributed by atoms with E-state index < -0.39 is 0 Å². The molecule has 17 heavy (non-hydrogen) atoms. The van der Waals surface area contributed by atoms with Gasteiger partial charge in [-0.25, -0.2) is 5.10 Å². The number of H-pyrrole nitrogens is 1. The van der Waals surface area contributed by atoms with Crippen molar-refractivity contribution in [3.63, 3.8) is 0 Å². The highest BCUT2D eigenvalue weighted by atomic mass is 32.2. The number of anilines is 1. The number of carbonyl (C=O) groups is 1. The second-order valence-electron chi connectivity index (χ2n) is 4.49. The minimum Gasteiger partial charge on any atom is -0.368 e. The number of carbonyl (C=O) groups excluding carboxylic acids is 1. The molecule has 0 bridgehead atoms. The molecule has 1 amide bonds. The van der Waals surface area contributed by atoms with Crippen LogP contribution in [0.4, 0.5) is 5.95 Å². The number of hydrogen-bond acceptors (Lipinski definition) is 5. The lowest BCUT2D eigenvalue weighted by atomic mass is 10.0. The summed E-state index contributed by atoms with van der Waals surface area (Å²) in [4.78, 5) is 15.8. The van der Waals surface area contributed by atoms with Crippen LogP contribution in [0.15, 0.2) is 5.16 Å². The Kier molecular flexibility index (Phi) is 4.39. The standard InChI is InChI=1S/C10H19N5OS/c1-5-10(3,4)13-7(16)6(2)17-9-12-8(11)14-15-9/h6H,5H2,1-4H3,(H,13,16)(H3,11,12,14,15). The van der Waals surface area contributed by atoms with Crippen molar-refractivity contribution in [1.82, 2.24) is 20.5 Å². The molecule has 1 rings (SSSR count). The molecule has 0 aliphatic carbocycles.